The van der Waals surface area contributed by atoms with Crippen molar-refractivity contribution in [3.63, 3.8) is 0 Å². The summed E-state index contributed by atoms with van der Waals surface area (Å²) in [7, 11) is 1.63. The molecule has 0 spiro atoms. The molecule has 0 aromatic heterocycles. The number of hydrogen-bond acceptors (Lipinski definition) is 3. The van der Waals surface area contributed by atoms with Crippen LogP contribution in [0.4, 0.5) is 0 Å². The van der Waals surface area contributed by atoms with Gasteiger partial charge in [0, 0.05) is 11.8 Å². The lowest BCUT2D eigenvalue weighted by Gasteiger charge is -2.02. The molecule has 0 aliphatic rings. The molecular formula is C18H18N2O2. The zero-order valence-corrected chi connectivity index (χ0v) is 12.4. The topological polar surface area (TPSA) is 50.7 Å². The van der Waals surface area contributed by atoms with Gasteiger partial charge in [-0.1, -0.05) is 48.5 Å². The Morgan fingerprint density at radius 1 is 1.14 bits per heavy atom. The third-order valence-corrected chi connectivity index (χ3v) is 2.97. The normalized spacial score (nSPS) is 11.0. The Labute approximate surface area is 130 Å². The highest BCUT2D eigenvalue weighted by Crippen LogP contribution is 2.18. The number of nitrogens with zero attached hydrogens (tertiary/aromatic N) is 1. The zero-order chi connectivity index (χ0) is 15.6. The summed E-state index contributed by atoms with van der Waals surface area (Å²) in [6.45, 7) is 0. The number of hydrogen-bond donors (Lipinski definition) is 1. The molecule has 0 fully saturated rings. The Balaban J connectivity index is 1.83. The van der Waals surface area contributed by atoms with Gasteiger partial charge in [0.05, 0.1) is 13.5 Å². The molecule has 2 aromatic rings. The van der Waals surface area contributed by atoms with Gasteiger partial charge in [0.1, 0.15) is 5.75 Å². The van der Waals surface area contributed by atoms with Gasteiger partial charge < -0.3 is 4.74 Å². The Morgan fingerprint density at radius 3 is 2.64 bits per heavy atom. The third-order valence-electron chi connectivity index (χ3n) is 2.97. The fourth-order valence-corrected chi connectivity index (χ4v) is 1.92. The number of benzene rings is 2. The molecule has 0 aliphatic heterocycles. The standard InChI is InChI=1S/C18H18N2O2/c1-22-17-12-6-5-10-16(17)11-7-13-19-20-18(21)14-15-8-3-2-4-9-15/h2-13H,14H2,1H3,(H,20,21)/b11-7+,19-13-. The van der Waals surface area contributed by atoms with Gasteiger partial charge in [-0.3, -0.25) is 4.79 Å². The van der Waals surface area contributed by atoms with E-state index in [0.29, 0.717) is 6.42 Å². The molecule has 2 rings (SSSR count). The van der Waals surface area contributed by atoms with E-state index in [0.717, 1.165) is 16.9 Å². The van der Waals surface area contributed by atoms with Crippen LogP contribution in [0, 0.1) is 0 Å². The molecule has 22 heavy (non-hydrogen) atoms. The molecule has 2 aromatic carbocycles. The van der Waals surface area contributed by atoms with E-state index in [9.17, 15) is 4.79 Å². The van der Waals surface area contributed by atoms with E-state index in [1.165, 1.54) is 6.21 Å². The molecule has 0 saturated carbocycles. The van der Waals surface area contributed by atoms with Crippen LogP contribution >= 0.6 is 0 Å². The van der Waals surface area contributed by atoms with Crippen molar-refractivity contribution in [2.75, 3.05) is 7.11 Å². The summed E-state index contributed by atoms with van der Waals surface area (Å²) < 4.78 is 5.24. The van der Waals surface area contributed by atoms with E-state index in [2.05, 4.69) is 10.5 Å². The van der Waals surface area contributed by atoms with E-state index in [1.54, 1.807) is 13.2 Å². The molecule has 1 amide bonds. The molecular weight excluding hydrogens is 276 g/mol. The lowest BCUT2D eigenvalue weighted by Crippen LogP contribution is -2.19. The van der Waals surface area contributed by atoms with Crippen molar-refractivity contribution >= 4 is 18.2 Å². The minimum absolute atomic E-state index is 0.145. The molecule has 112 valence electrons. The number of ether oxygens (including phenoxy) is 1. The number of hydrazone groups is 1. The fraction of sp³-hybridized carbons (Fsp3) is 0.111. The number of nitrogens with one attached hydrogen (secondary N) is 1. The van der Waals surface area contributed by atoms with Crippen molar-refractivity contribution < 1.29 is 9.53 Å². The van der Waals surface area contributed by atoms with Gasteiger partial charge in [-0.2, -0.15) is 5.10 Å². The van der Waals surface area contributed by atoms with E-state index < -0.39 is 0 Å². The van der Waals surface area contributed by atoms with E-state index in [1.807, 2.05) is 60.7 Å². The molecule has 0 atom stereocenters. The molecule has 0 radical (unpaired) electrons. The Kier molecular flexibility index (Phi) is 5.93. The first-order valence-corrected chi connectivity index (χ1v) is 6.95. The van der Waals surface area contributed by atoms with Gasteiger partial charge in [-0.05, 0) is 23.8 Å². The Morgan fingerprint density at radius 2 is 1.86 bits per heavy atom. The minimum atomic E-state index is -0.145. The highest BCUT2D eigenvalue weighted by atomic mass is 16.5. The molecule has 1 N–H and O–H groups in total. The molecule has 0 unspecified atom stereocenters. The van der Waals surface area contributed by atoms with Gasteiger partial charge in [0.2, 0.25) is 5.91 Å². The smallest absolute Gasteiger partial charge is 0.244 e. The molecule has 0 bridgehead atoms. The van der Waals surface area contributed by atoms with Crippen LogP contribution in [0.25, 0.3) is 6.08 Å². The van der Waals surface area contributed by atoms with Crippen molar-refractivity contribution in [2.24, 2.45) is 5.10 Å². The average Bonchev–Trinajstić information content (AvgIpc) is 2.56. The third kappa shape index (κ3) is 4.90. The van der Waals surface area contributed by atoms with Crippen LogP contribution in [0.1, 0.15) is 11.1 Å². The van der Waals surface area contributed by atoms with Crippen LogP contribution < -0.4 is 10.2 Å². The van der Waals surface area contributed by atoms with Gasteiger partial charge in [0.25, 0.3) is 0 Å². The summed E-state index contributed by atoms with van der Waals surface area (Å²) in [6.07, 6.45) is 5.47. The van der Waals surface area contributed by atoms with Crippen molar-refractivity contribution in [2.45, 2.75) is 6.42 Å². The first kappa shape index (κ1) is 15.5. The SMILES string of the molecule is COc1ccccc1/C=C/C=N\NC(=O)Cc1ccccc1. The zero-order valence-electron chi connectivity index (χ0n) is 12.4. The molecule has 0 heterocycles. The monoisotopic (exact) mass is 294 g/mol. The van der Waals surface area contributed by atoms with Crippen LogP contribution in [0.3, 0.4) is 0 Å². The second-order valence-electron chi connectivity index (χ2n) is 4.58. The minimum Gasteiger partial charge on any atom is -0.496 e. The maximum absolute atomic E-state index is 11.7. The summed E-state index contributed by atoms with van der Waals surface area (Å²) in [5.41, 5.74) is 4.40. The Hall–Kier alpha value is -2.88. The summed E-state index contributed by atoms with van der Waals surface area (Å²) in [6, 6.07) is 17.2. The van der Waals surface area contributed by atoms with Gasteiger partial charge in [0.15, 0.2) is 0 Å². The maximum Gasteiger partial charge on any atom is 0.244 e. The van der Waals surface area contributed by atoms with Crippen molar-refractivity contribution in [1.29, 1.82) is 0 Å². The molecule has 0 aliphatic carbocycles. The lowest BCUT2D eigenvalue weighted by molar-refractivity contribution is -0.120. The number of methoxy groups -OCH3 is 1. The first-order valence-electron chi connectivity index (χ1n) is 6.95. The van der Waals surface area contributed by atoms with Crippen molar-refractivity contribution in [3.05, 3.63) is 71.8 Å². The predicted octanol–water partition coefficient (Wildman–Crippen LogP) is 3.05. The number of carbonyl (C=O) groups is 1. The number of amides is 1. The quantitative estimate of drug-likeness (QED) is 0.657. The summed E-state index contributed by atoms with van der Waals surface area (Å²) in [5, 5.41) is 3.89. The molecule has 0 saturated heterocycles. The number of allylic oxidation sites excluding steroid dienone is 1. The summed E-state index contributed by atoms with van der Waals surface area (Å²) in [5.74, 6) is 0.647. The Bertz CT molecular complexity index is 664. The maximum atomic E-state index is 11.7. The fourth-order valence-electron chi connectivity index (χ4n) is 1.92. The van der Waals surface area contributed by atoms with Crippen LogP contribution in [0.5, 0.6) is 5.75 Å². The van der Waals surface area contributed by atoms with E-state index in [4.69, 9.17) is 4.74 Å². The van der Waals surface area contributed by atoms with Gasteiger partial charge in [-0.25, -0.2) is 5.43 Å². The van der Waals surface area contributed by atoms with Gasteiger partial charge in [-0.15, -0.1) is 0 Å². The number of carbonyl (C=O) groups excluding carboxylic acids is 1. The van der Waals surface area contributed by atoms with Crippen molar-refractivity contribution in [3.8, 4) is 5.75 Å². The predicted molar refractivity (Wildman–Crippen MR) is 88.8 cm³/mol. The van der Waals surface area contributed by atoms with Crippen molar-refractivity contribution in [1.82, 2.24) is 5.43 Å². The highest BCUT2D eigenvalue weighted by Gasteiger charge is 2.00. The van der Waals surface area contributed by atoms with Crippen LogP contribution in [-0.4, -0.2) is 19.2 Å². The number of para-hydroxylation sites is 1. The second-order valence-corrected chi connectivity index (χ2v) is 4.58. The second kappa shape index (κ2) is 8.42. The largest absolute Gasteiger partial charge is 0.496 e. The van der Waals surface area contributed by atoms with Crippen LogP contribution in [0.2, 0.25) is 0 Å². The summed E-state index contributed by atoms with van der Waals surface area (Å²) in [4.78, 5) is 11.7. The molecule has 4 heteroatoms. The number of rotatable bonds is 6. The first-order chi connectivity index (χ1) is 10.8. The van der Waals surface area contributed by atoms with E-state index >= 15 is 0 Å². The van der Waals surface area contributed by atoms with Gasteiger partial charge >= 0.3 is 0 Å². The average molecular weight is 294 g/mol. The molecule has 4 nitrogen and oxygen atoms in total. The van der Waals surface area contributed by atoms with E-state index in [-0.39, 0.29) is 5.91 Å². The summed E-state index contributed by atoms with van der Waals surface area (Å²) >= 11 is 0. The highest BCUT2D eigenvalue weighted by molar-refractivity contribution is 5.82. The lowest BCUT2D eigenvalue weighted by atomic mass is 10.1. The van der Waals surface area contributed by atoms with Crippen LogP contribution in [-0.2, 0) is 11.2 Å². The van der Waals surface area contributed by atoms with Crippen LogP contribution in [0.15, 0.2) is 65.8 Å².